The Morgan fingerprint density at radius 1 is 1.24 bits per heavy atom. The maximum Gasteiger partial charge on any atom is 0.0193 e. The smallest absolute Gasteiger partial charge is 0.0193 e. The highest BCUT2D eigenvalue weighted by molar-refractivity contribution is 9.09. The highest BCUT2D eigenvalue weighted by Gasteiger charge is 2.30. The van der Waals surface area contributed by atoms with Crippen LogP contribution in [0.2, 0.25) is 0 Å². The molecule has 0 bridgehead atoms. The molecule has 0 saturated carbocycles. The van der Waals surface area contributed by atoms with E-state index in [0.29, 0.717) is 0 Å². The van der Waals surface area contributed by atoms with Gasteiger partial charge in [0.1, 0.15) is 0 Å². The molecule has 0 N–H and O–H groups in total. The van der Waals surface area contributed by atoms with Crippen molar-refractivity contribution in [3.05, 3.63) is 35.4 Å². The van der Waals surface area contributed by atoms with Crippen LogP contribution in [-0.2, 0) is 6.42 Å². The van der Waals surface area contributed by atoms with Crippen molar-refractivity contribution in [3.63, 3.8) is 0 Å². The predicted octanol–water partition coefficient (Wildman–Crippen LogP) is 3.58. The molecule has 0 amide bonds. The topological polar surface area (TPSA) is 3.24 Å². The summed E-state index contributed by atoms with van der Waals surface area (Å²) in [6, 6.07) is 9.72. The van der Waals surface area contributed by atoms with Crippen LogP contribution >= 0.6 is 15.9 Å². The van der Waals surface area contributed by atoms with E-state index in [-0.39, 0.29) is 0 Å². The number of alkyl halides is 1. The number of hydrogen-bond acceptors (Lipinski definition) is 1. The van der Waals surface area contributed by atoms with Gasteiger partial charge < -0.3 is 0 Å². The summed E-state index contributed by atoms with van der Waals surface area (Å²) in [5, 5.41) is 1.14. The lowest BCUT2D eigenvalue weighted by Gasteiger charge is -2.40. The van der Waals surface area contributed by atoms with Gasteiger partial charge in [-0.2, -0.15) is 0 Å². The third-order valence-corrected chi connectivity index (χ3v) is 5.09. The molecule has 1 nitrogen and oxygen atoms in total. The van der Waals surface area contributed by atoms with Crippen LogP contribution in [0, 0.1) is 0 Å². The number of rotatable bonds is 3. The maximum absolute atomic E-state index is 3.67. The number of piperidine rings is 1. The Balaban J connectivity index is 1.65. The fourth-order valence-corrected chi connectivity index (χ4v) is 4.02. The molecular weight excluding hydrogens is 274 g/mol. The summed E-state index contributed by atoms with van der Waals surface area (Å²) in [6.45, 7) is 2.57. The van der Waals surface area contributed by atoms with Gasteiger partial charge in [-0.05, 0) is 36.9 Å². The quantitative estimate of drug-likeness (QED) is 0.770. The average Bonchev–Trinajstić information content (AvgIpc) is 2.36. The summed E-state index contributed by atoms with van der Waals surface area (Å²) < 4.78 is 0. The minimum atomic E-state index is 0.775. The molecule has 1 aliphatic carbocycles. The molecule has 2 heteroatoms. The molecule has 2 aliphatic rings. The van der Waals surface area contributed by atoms with Crippen LogP contribution in [0.4, 0.5) is 0 Å². The summed E-state index contributed by atoms with van der Waals surface area (Å²) in [6.07, 6.45) is 5.47. The van der Waals surface area contributed by atoms with Crippen LogP contribution in [0.25, 0.3) is 0 Å². The van der Waals surface area contributed by atoms with Gasteiger partial charge in [0.2, 0.25) is 0 Å². The van der Waals surface area contributed by atoms with Gasteiger partial charge in [0.25, 0.3) is 0 Å². The summed E-state index contributed by atoms with van der Waals surface area (Å²) >= 11 is 3.67. The Hall–Kier alpha value is -0.340. The van der Waals surface area contributed by atoms with Crippen LogP contribution in [0.3, 0.4) is 0 Å². The molecule has 17 heavy (non-hydrogen) atoms. The van der Waals surface area contributed by atoms with Crippen molar-refractivity contribution in [1.29, 1.82) is 0 Å². The van der Waals surface area contributed by atoms with Crippen molar-refractivity contribution in [2.75, 3.05) is 18.4 Å². The van der Waals surface area contributed by atoms with Crippen LogP contribution in [0.1, 0.15) is 36.3 Å². The van der Waals surface area contributed by atoms with Gasteiger partial charge in [0.15, 0.2) is 0 Å². The number of benzene rings is 1. The van der Waals surface area contributed by atoms with Crippen molar-refractivity contribution in [3.8, 4) is 0 Å². The van der Waals surface area contributed by atoms with Crippen molar-refractivity contribution in [2.45, 2.75) is 37.6 Å². The monoisotopic (exact) mass is 293 g/mol. The molecule has 92 valence electrons. The zero-order valence-corrected chi connectivity index (χ0v) is 11.8. The normalized spacial score (nSPS) is 28.5. The second-order valence-electron chi connectivity index (χ2n) is 5.40. The lowest BCUT2D eigenvalue weighted by molar-refractivity contribution is 0.150. The minimum Gasteiger partial charge on any atom is -0.299 e. The molecule has 1 aromatic rings. The summed E-state index contributed by atoms with van der Waals surface area (Å²) in [5.41, 5.74) is 3.18. The van der Waals surface area contributed by atoms with Crippen molar-refractivity contribution in [1.82, 2.24) is 4.90 Å². The number of likely N-dealkylation sites (tertiary alicyclic amines) is 1. The van der Waals surface area contributed by atoms with E-state index in [1.807, 2.05) is 0 Å². The highest BCUT2D eigenvalue weighted by atomic mass is 79.9. The Morgan fingerprint density at radius 2 is 2.12 bits per heavy atom. The second-order valence-corrected chi connectivity index (χ2v) is 6.05. The molecule has 1 heterocycles. The van der Waals surface area contributed by atoms with Gasteiger partial charge in [0.05, 0.1) is 0 Å². The molecule has 0 radical (unpaired) electrons. The first-order chi connectivity index (χ1) is 8.38. The van der Waals surface area contributed by atoms with E-state index in [0.717, 1.165) is 17.3 Å². The Morgan fingerprint density at radius 3 is 2.94 bits per heavy atom. The van der Waals surface area contributed by atoms with Crippen LogP contribution in [-0.4, -0.2) is 29.4 Å². The Labute approximate surface area is 112 Å². The second kappa shape index (κ2) is 5.11. The van der Waals surface area contributed by atoms with Gasteiger partial charge in [-0.15, -0.1) is 0 Å². The molecule has 1 aliphatic heterocycles. The third-order valence-electron chi connectivity index (χ3n) is 4.34. The van der Waals surface area contributed by atoms with Crippen molar-refractivity contribution >= 4 is 15.9 Å². The summed E-state index contributed by atoms with van der Waals surface area (Å²) in [5.74, 6) is 0.797. The van der Waals surface area contributed by atoms with Gasteiger partial charge in [-0.25, -0.2) is 0 Å². The van der Waals surface area contributed by atoms with Crippen molar-refractivity contribution < 1.29 is 0 Å². The predicted molar refractivity (Wildman–Crippen MR) is 75.9 cm³/mol. The highest BCUT2D eigenvalue weighted by Crippen LogP contribution is 2.36. The van der Waals surface area contributed by atoms with E-state index in [1.54, 1.807) is 11.1 Å². The van der Waals surface area contributed by atoms with Crippen LogP contribution in [0.5, 0.6) is 0 Å². The Bertz CT molecular complexity index is 390. The average molecular weight is 294 g/mol. The van der Waals surface area contributed by atoms with Gasteiger partial charge in [-0.3, -0.25) is 4.90 Å². The summed E-state index contributed by atoms with van der Waals surface area (Å²) in [7, 11) is 0. The van der Waals surface area contributed by atoms with Gasteiger partial charge in [0, 0.05) is 23.8 Å². The first-order valence-electron chi connectivity index (χ1n) is 6.76. The molecule has 1 saturated heterocycles. The van der Waals surface area contributed by atoms with Gasteiger partial charge >= 0.3 is 0 Å². The first kappa shape index (κ1) is 11.7. The fourth-order valence-electron chi connectivity index (χ4n) is 3.28. The molecule has 2 unspecified atom stereocenters. The van der Waals surface area contributed by atoms with Crippen LogP contribution in [0.15, 0.2) is 24.3 Å². The number of nitrogens with zero attached hydrogens (tertiary/aromatic N) is 1. The molecule has 0 aromatic heterocycles. The Kier molecular flexibility index (Phi) is 3.53. The molecule has 0 spiro atoms. The fraction of sp³-hybridized carbons (Fsp3) is 0.600. The zero-order valence-electron chi connectivity index (χ0n) is 10.2. The maximum atomic E-state index is 3.67. The van der Waals surface area contributed by atoms with E-state index >= 15 is 0 Å². The lowest BCUT2D eigenvalue weighted by atomic mass is 9.77. The van der Waals surface area contributed by atoms with E-state index < -0.39 is 0 Å². The molecule has 1 aromatic carbocycles. The van der Waals surface area contributed by atoms with Gasteiger partial charge in [-0.1, -0.05) is 46.6 Å². The van der Waals surface area contributed by atoms with Crippen molar-refractivity contribution in [2.24, 2.45) is 0 Å². The molecule has 3 rings (SSSR count). The largest absolute Gasteiger partial charge is 0.299 e. The lowest BCUT2D eigenvalue weighted by Crippen LogP contribution is -2.44. The molecular formula is C15H20BrN. The minimum absolute atomic E-state index is 0.775. The zero-order chi connectivity index (χ0) is 11.7. The number of halogens is 1. The molecule has 2 atom stereocenters. The van der Waals surface area contributed by atoms with E-state index in [4.69, 9.17) is 0 Å². The number of hydrogen-bond donors (Lipinski definition) is 0. The van der Waals surface area contributed by atoms with E-state index in [9.17, 15) is 0 Å². The summed E-state index contributed by atoms with van der Waals surface area (Å²) in [4.78, 5) is 2.71. The van der Waals surface area contributed by atoms with E-state index in [2.05, 4.69) is 45.1 Å². The SMILES string of the molecule is BrCC1CCCCN1CC1Cc2ccccc21. The number of fused-ring (bicyclic) bond motifs is 1. The van der Waals surface area contributed by atoms with E-state index in [1.165, 1.54) is 38.8 Å². The first-order valence-corrected chi connectivity index (χ1v) is 7.88. The third kappa shape index (κ3) is 2.30. The molecule has 1 fully saturated rings. The standard InChI is InChI=1S/C15H20BrN/c16-10-14-6-3-4-8-17(14)11-13-9-12-5-1-2-7-15(12)13/h1-2,5,7,13-14H,3-4,6,8-11H2. The van der Waals surface area contributed by atoms with Crippen LogP contribution < -0.4 is 0 Å².